The third kappa shape index (κ3) is 3.33. The molecule has 1 aliphatic heterocycles. The standard InChI is InChI=1S/C17H34N2/c1-5-16-11-18-17(6-2,7-3)13-19(16)12-15-10-8-9-14(15)4/h14-16,18H,5-13H2,1-4H3. The van der Waals surface area contributed by atoms with Crippen LogP contribution < -0.4 is 5.32 Å². The summed E-state index contributed by atoms with van der Waals surface area (Å²) in [5, 5.41) is 3.86. The van der Waals surface area contributed by atoms with Crippen LogP contribution in [0.4, 0.5) is 0 Å². The van der Waals surface area contributed by atoms with Gasteiger partial charge in [-0.15, -0.1) is 0 Å². The van der Waals surface area contributed by atoms with Crippen LogP contribution in [0.2, 0.25) is 0 Å². The van der Waals surface area contributed by atoms with Gasteiger partial charge in [-0.25, -0.2) is 0 Å². The molecule has 0 amide bonds. The van der Waals surface area contributed by atoms with Crippen LogP contribution in [0.1, 0.15) is 66.2 Å². The van der Waals surface area contributed by atoms with Crippen molar-refractivity contribution < 1.29 is 0 Å². The molecule has 0 radical (unpaired) electrons. The van der Waals surface area contributed by atoms with Gasteiger partial charge in [-0.3, -0.25) is 4.90 Å². The number of nitrogens with one attached hydrogen (secondary N) is 1. The minimum Gasteiger partial charge on any atom is -0.308 e. The first-order chi connectivity index (χ1) is 9.14. The number of hydrogen-bond acceptors (Lipinski definition) is 2. The fourth-order valence-electron chi connectivity index (χ4n) is 4.17. The quantitative estimate of drug-likeness (QED) is 0.817. The Morgan fingerprint density at radius 1 is 1.16 bits per heavy atom. The predicted molar refractivity (Wildman–Crippen MR) is 83.5 cm³/mol. The highest BCUT2D eigenvalue weighted by atomic mass is 15.3. The van der Waals surface area contributed by atoms with Gasteiger partial charge >= 0.3 is 0 Å². The molecule has 2 aliphatic rings. The highest BCUT2D eigenvalue weighted by molar-refractivity contribution is 4.97. The van der Waals surface area contributed by atoms with E-state index in [-0.39, 0.29) is 0 Å². The van der Waals surface area contributed by atoms with Crippen molar-refractivity contribution in [3.63, 3.8) is 0 Å². The van der Waals surface area contributed by atoms with Gasteiger partial charge in [0.1, 0.15) is 0 Å². The average molecular weight is 266 g/mol. The third-order valence-corrected chi connectivity index (χ3v) is 6.07. The molecular weight excluding hydrogens is 232 g/mol. The van der Waals surface area contributed by atoms with Gasteiger partial charge in [0, 0.05) is 31.2 Å². The molecule has 0 spiro atoms. The van der Waals surface area contributed by atoms with Crippen LogP contribution in [0.25, 0.3) is 0 Å². The lowest BCUT2D eigenvalue weighted by Gasteiger charge is -2.48. The van der Waals surface area contributed by atoms with Crippen molar-refractivity contribution in [2.24, 2.45) is 11.8 Å². The van der Waals surface area contributed by atoms with E-state index in [9.17, 15) is 0 Å². The Morgan fingerprint density at radius 2 is 1.89 bits per heavy atom. The average Bonchev–Trinajstić information content (AvgIpc) is 2.84. The van der Waals surface area contributed by atoms with Crippen LogP contribution in [0, 0.1) is 11.8 Å². The second kappa shape index (κ2) is 6.58. The molecule has 0 aromatic rings. The Morgan fingerprint density at radius 3 is 2.42 bits per heavy atom. The lowest BCUT2D eigenvalue weighted by Crippen LogP contribution is -2.64. The van der Waals surface area contributed by atoms with E-state index in [0.29, 0.717) is 5.54 Å². The van der Waals surface area contributed by atoms with E-state index in [4.69, 9.17) is 0 Å². The molecule has 1 N–H and O–H groups in total. The van der Waals surface area contributed by atoms with E-state index in [0.717, 1.165) is 17.9 Å². The molecule has 112 valence electrons. The Bertz CT molecular complexity index is 272. The first-order valence-corrected chi connectivity index (χ1v) is 8.63. The molecule has 2 fully saturated rings. The summed E-state index contributed by atoms with van der Waals surface area (Å²) in [6.45, 7) is 13.3. The zero-order valence-corrected chi connectivity index (χ0v) is 13.5. The van der Waals surface area contributed by atoms with Crippen LogP contribution in [0.15, 0.2) is 0 Å². The van der Waals surface area contributed by atoms with Crippen LogP contribution in [0.5, 0.6) is 0 Å². The van der Waals surface area contributed by atoms with Crippen LogP contribution >= 0.6 is 0 Å². The van der Waals surface area contributed by atoms with Crippen molar-refractivity contribution in [2.75, 3.05) is 19.6 Å². The SMILES string of the molecule is CCC1CNC(CC)(CC)CN1CC1CCCC1C. The van der Waals surface area contributed by atoms with E-state index in [1.807, 2.05) is 0 Å². The van der Waals surface area contributed by atoms with Gasteiger partial charge in [0.15, 0.2) is 0 Å². The van der Waals surface area contributed by atoms with Crippen molar-refractivity contribution in [3.05, 3.63) is 0 Å². The van der Waals surface area contributed by atoms with Gasteiger partial charge < -0.3 is 5.32 Å². The molecule has 0 aromatic heterocycles. The molecule has 1 saturated carbocycles. The maximum absolute atomic E-state index is 3.86. The summed E-state index contributed by atoms with van der Waals surface area (Å²) < 4.78 is 0. The van der Waals surface area contributed by atoms with Gasteiger partial charge in [-0.2, -0.15) is 0 Å². The normalized spacial score (nSPS) is 35.7. The minimum absolute atomic E-state index is 0.382. The Kier molecular flexibility index (Phi) is 5.30. The largest absolute Gasteiger partial charge is 0.308 e. The molecule has 0 bridgehead atoms. The fraction of sp³-hybridized carbons (Fsp3) is 1.00. The summed E-state index contributed by atoms with van der Waals surface area (Å²) in [5.74, 6) is 1.91. The summed E-state index contributed by atoms with van der Waals surface area (Å²) >= 11 is 0. The molecule has 1 heterocycles. The van der Waals surface area contributed by atoms with Gasteiger partial charge in [0.2, 0.25) is 0 Å². The summed E-state index contributed by atoms with van der Waals surface area (Å²) in [6, 6.07) is 0.763. The molecule has 3 unspecified atom stereocenters. The lowest BCUT2D eigenvalue weighted by molar-refractivity contribution is 0.0528. The molecule has 19 heavy (non-hydrogen) atoms. The summed E-state index contributed by atoms with van der Waals surface area (Å²) in [6.07, 6.45) is 8.19. The number of rotatable bonds is 5. The van der Waals surface area contributed by atoms with E-state index >= 15 is 0 Å². The van der Waals surface area contributed by atoms with E-state index in [2.05, 4.69) is 37.9 Å². The second-order valence-electron chi connectivity index (χ2n) is 7.03. The van der Waals surface area contributed by atoms with E-state index in [1.54, 1.807) is 0 Å². The summed E-state index contributed by atoms with van der Waals surface area (Å²) in [4.78, 5) is 2.83. The molecule has 2 rings (SSSR count). The van der Waals surface area contributed by atoms with E-state index in [1.165, 1.54) is 58.2 Å². The van der Waals surface area contributed by atoms with Crippen LogP contribution in [-0.2, 0) is 0 Å². The minimum atomic E-state index is 0.382. The number of piperazine rings is 1. The summed E-state index contributed by atoms with van der Waals surface area (Å²) in [5.41, 5.74) is 0.382. The van der Waals surface area contributed by atoms with E-state index < -0.39 is 0 Å². The summed E-state index contributed by atoms with van der Waals surface area (Å²) in [7, 11) is 0. The van der Waals surface area contributed by atoms with Crippen molar-refractivity contribution in [1.29, 1.82) is 0 Å². The maximum atomic E-state index is 3.86. The number of nitrogens with zero attached hydrogens (tertiary/aromatic N) is 1. The molecule has 3 atom stereocenters. The molecule has 1 saturated heterocycles. The molecule has 2 nitrogen and oxygen atoms in total. The Hall–Kier alpha value is -0.0800. The zero-order chi connectivity index (χ0) is 13.9. The third-order valence-electron chi connectivity index (χ3n) is 6.07. The highest BCUT2D eigenvalue weighted by Gasteiger charge is 2.37. The molecule has 0 aromatic carbocycles. The first kappa shape index (κ1) is 15.3. The van der Waals surface area contributed by atoms with Crippen molar-refractivity contribution in [3.8, 4) is 0 Å². The van der Waals surface area contributed by atoms with Crippen molar-refractivity contribution in [2.45, 2.75) is 77.8 Å². The molecule has 2 heteroatoms. The van der Waals surface area contributed by atoms with Gasteiger partial charge in [0.05, 0.1) is 0 Å². The smallest absolute Gasteiger partial charge is 0.0304 e. The van der Waals surface area contributed by atoms with Gasteiger partial charge in [0.25, 0.3) is 0 Å². The lowest BCUT2D eigenvalue weighted by atomic mass is 9.86. The van der Waals surface area contributed by atoms with Crippen molar-refractivity contribution in [1.82, 2.24) is 10.2 Å². The Labute approximate surface area is 120 Å². The highest BCUT2D eigenvalue weighted by Crippen LogP contribution is 2.34. The molecule has 1 aliphatic carbocycles. The van der Waals surface area contributed by atoms with Gasteiger partial charge in [-0.05, 0) is 37.5 Å². The van der Waals surface area contributed by atoms with Crippen molar-refractivity contribution >= 4 is 0 Å². The van der Waals surface area contributed by atoms with Gasteiger partial charge in [-0.1, -0.05) is 40.5 Å². The van der Waals surface area contributed by atoms with Crippen LogP contribution in [-0.4, -0.2) is 36.1 Å². The zero-order valence-electron chi connectivity index (χ0n) is 13.5. The fourth-order valence-corrected chi connectivity index (χ4v) is 4.17. The number of hydrogen-bond donors (Lipinski definition) is 1. The monoisotopic (exact) mass is 266 g/mol. The molecular formula is C17H34N2. The predicted octanol–water partition coefficient (Wildman–Crippen LogP) is 3.67. The first-order valence-electron chi connectivity index (χ1n) is 8.63. The van der Waals surface area contributed by atoms with Crippen LogP contribution in [0.3, 0.4) is 0 Å². The topological polar surface area (TPSA) is 15.3 Å². The second-order valence-corrected chi connectivity index (χ2v) is 7.03. The maximum Gasteiger partial charge on any atom is 0.0304 e. The Balaban J connectivity index is 2.01.